The lowest BCUT2D eigenvalue weighted by Crippen LogP contribution is -2.40. The summed E-state index contributed by atoms with van der Waals surface area (Å²) < 4.78 is 10.3. The van der Waals surface area contributed by atoms with Crippen molar-refractivity contribution >= 4 is 17.8 Å². The van der Waals surface area contributed by atoms with Gasteiger partial charge in [-0.3, -0.25) is 14.4 Å². The molecule has 2 rings (SSSR count). The number of ether oxygens (including phenoxy) is 2. The minimum Gasteiger partial charge on any atom is -0.484 e. The Morgan fingerprint density at radius 2 is 1.57 bits per heavy atom. The van der Waals surface area contributed by atoms with Crippen molar-refractivity contribution in [3.8, 4) is 5.75 Å². The van der Waals surface area contributed by atoms with E-state index >= 15 is 0 Å². The molecule has 1 atom stereocenters. The van der Waals surface area contributed by atoms with Crippen LogP contribution in [0.5, 0.6) is 5.75 Å². The Morgan fingerprint density at radius 3 is 2.25 bits per heavy atom. The zero-order valence-corrected chi connectivity index (χ0v) is 15.7. The van der Waals surface area contributed by atoms with E-state index in [1.165, 1.54) is 6.92 Å². The maximum Gasteiger partial charge on any atom is 0.326 e. The highest BCUT2D eigenvalue weighted by Crippen LogP contribution is 2.07. The Hall–Kier alpha value is -3.35. The number of esters is 1. The summed E-state index contributed by atoms with van der Waals surface area (Å²) in [5, 5.41) is 5.11. The summed E-state index contributed by atoms with van der Waals surface area (Å²) in [4.78, 5) is 35.4. The van der Waals surface area contributed by atoms with Gasteiger partial charge in [-0.1, -0.05) is 48.5 Å². The van der Waals surface area contributed by atoms with Crippen LogP contribution < -0.4 is 15.4 Å². The second kappa shape index (κ2) is 11.4. The van der Waals surface area contributed by atoms with Gasteiger partial charge in [0.05, 0.1) is 0 Å². The summed E-state index contributed by atoms with van der Waals surface area (Å²) in [7, 11) is 0. The van der Waals surface area contributed by atoms with E-state index in [0.717, 1.165) is 5.56 Å². The lowest BCUT2D eigenvalue weighted by atomic mass is 10.1. The molecule has 0 radical (unpaired) electrons. The SMILES string of the molecule is CC(OC(=O)CNC(=O)COc1ccccc1)C(=O)NCCc1ccccc1. The fraction of sp³-hybridized carbons (Fsp3) is 0.286. The molecule has 0 saturated heterocycles. The van der Waals surface area contributed by atoms with E-state index < -0.39 is 18.0 Å². The Labute approximate surface area is 164 Å². The van der Waals surface area contributed by atoms with E-state index in [2.05, 4.69) is 10.6 Å². The lowest BCUT2D eigenvalue weighted by molar-refractivity contribution is -0.154. The maximum absolute atomic E-state index is 12.0. The number of amides is 2. The van der Waals surface area contributed by atoms with Gasteiger partial charge in [-0.25, -0.2) is 0 Å². The Bertz CT molecular complexity index is 765. The van der Waals surface area contributed by atoms with Crippen LogP contribution in [0.1, 0.15) is 12.5 Å². The highest BCUT2D eigenvalue weighted by atomic mass is 16.5. The van der Waals surface area contributed by atoms with Crippen LogP contribution in [0.2, 0.25) is 0 Å². The molecule has 0 aromatic heterocycles. The third-order valence-electron chi connectivity index (χ3n) is 3.78. The monoisotopic (exact) mass is 384 g/mol. The van der Waals surface area contributed by atoms with Crippen molar-refractivity contribution in [2.24, 2.45) is 0 Å². The number of benzene rings is 2. The van der Waals surface area contributed by atoms with Crippen LogP contribution >= 0.6 is 0 Å². The van der Waals surface area contributed by atoms with E-state index in [9.17, 15) is 14.4 Å². The Kier molecular flexibility index (Phi) is 8.52. The second-order valence-electron chi connectivity index (χ2n) is 6.04. The average Bonchev–Trinajstić information content (AvgIpc) is 2.72. The fourth-order valence-corrected chi connectivity index (χ4v) is 2.30. The Balaban J connectivity index is 1.60. The van der Waals surface area contributed by atoms with Gasteiger partial charge in [-0.2, -0.15) is 0 Å². The predicted octanol–water partition coefficient (Wildman–Crippen LogP) is 1.47. The quantitative estimate of drug-likeness (QED) is 0.605. The molecule has 0 heterocycles. The molecule has 28 heavy (non-hydrogen) atoms. The molecular weight excluding hydrogens is 360 g/mol. The minimum atomic E-state index is -0.944. The number of para-hydroxylation sites is 1. The molecular formula is C21H24N2O5. The smallest absolute Gasteiger partial charge is 0.326 e. The molecule has 0 aliphatic rings. The van der Waals surface area contributed by atoms with Gasteiger partial charge in [0.25, 0.3) is 11.8 Å². The van der Waals surface area contributed by atoms with E-state index in [1.807, 2.05) is 36.4 Å². The highest BCUT2D eigenvalue weighted by molar-refractivity contribution is 5.86. The summed E-state index contributed by atoms with van der Waals surface area (Å²) in [6, 6.07) is 18.6. The molecule has 0 aliphatic carbocycles. The zero-order valence-electron chi connectivity index (χ0n) is 15.7. The first-order valence-corrected chi connectivity index (χ1v) is 9.00. The number of carbonyl (C=O) groups is 3. The van der Waals surface area contributed by atoms with Crippen molar-refractivity contribution in [1.29, 1.82) is 0 Å². The van der Waals surface area contributed by atoms with E-state index in [4.69, 9.17) is 9.47 Å². The molecule has 1 unspecified atom stereocenters. The molecule has 0 saturated carbocycles. The third-order valence-corrected chi connectivity index (χ3v) is 3.78. The molecule has 0 aliphatic heterocycles. The topological polar surface area (TPSA) is 93.7 Å². The van der Waals surface area contributed by atoms with Gasteiger partial charge in [-0.05, 0) is 31.0 Å². The van der Waals surface area contributed by atoms with Crippen LogP contribution in [0.4, 0.5) is 0 Å². The van der Waals surface area contributed by atoms with Crippen LogP contribution in [0.15, 0.2) is 60.7 Å². The molecule has 0 spiro atoms. The summed E-state index contributed by atoms with van der Waals surface area (Å²) in [6.45, 7) is 1.37. The van der Waals surface area contributed by atoms with Crippen LogP contribution in [0.3, 0.4) is 0 Å². The lowest BCUT2D eigenvalue weighted by Gasteiger charge is -2.14. The van der Waals surface area contributed by atoms with Gasteiger partial charge in [-0.15, -0.1) is 0 Å². The highest BCUT2D eigenvalue weighted by Gasteiger charge is 2.17. The van der Waals surface area contributed by atoms with Gasteiger partial charge in [0.1, 0.15) is 12.3 Å². The number of nitrogens with one attached hydrogen (secondary N) is 2. The number of hydrogen-bond donors (Lipinski definition) is 2. The summed E-state index contributed by atoms with van der Waals surface area (Å²) >= 11 is 0. The van der Waals surface area contributed by atoms with E-state index in [1.54, 1.807) is 24.3 Å². The zero-order chi connectivity index (χ0) is 20.2. The van der Waals surface area contributed by atoms with Crippen molar-refractivity contribution in [2.75, 3.05) is 19.7 Å². The molecule has 2 N–H and O–H groups in total. The van der Waals surface area contributed by atoms with Crippen molar-refractivity contribution in [3.63, 3.8) is 0 Å². The minimum absolute atomic E-state index is 0.215. The summed E-state index contributed by atoms with van der Waals surface area (Å²) in [5.41, 5.74) is 1.10. The normalized spacial score (nSPS) is 11.2. The third kappa shape index (κ3) is 7.90. The molecule has 0 bridgehead atoms. The van der Waals surface area contributed by atoms with E-state index in [-0.39, 0.29) is 19.1 Å². The van der Waals surface area contributed by atoms with E-state index in [0.29, 0.717) is 18.7 Å². The van der Waals surface area contributed by atoms with Gasteiger partial charge >= 0.3 is 5.97 Å². The van der Waals surface area contributed by atoms with Gasteiger partial charge < -0.3 is 20.1 Å². The molecule has 2 aromatic rings. The maximum atomic E-state index is 12.0. The average molecular weight is 384 g/mol. The molecule has 0 fully saturated rings. The van der Waals surface area contributed by atoms with Gasteiger partial charge in [0.15, 0.2) is 12.7 Å². The number of rotatable bonds is 10. The fourth-order valence-electron chi connectivity index (χ4n) is 2.30. The molecule has 148 valence electrons. The van der Waals surface area contributed by atoms with Crippen LogP contribution in [0.25, 0.3) is 0 Å². The predicted molar refractivity (Wildman–Crippen MR) is 104 cm³/mol. The first kappa shape index (κ1) is 21.0. The van der Waals surface area contributed by atoms with Crippen LogP contribution in [-0.2, 0) is 25.5 Å². The van der Waals surface area contributed by atoms with Crippen molar-refractivity contribution in [1.82, 2.24) is 10.6 Å². The molecule has 7 nitrogen and oxygen atoms in total. The summed E-state index contributed by atoms with van der Waals surface area (Å²) in [6.07, 6.45) is -0.259. The molecule has 2 aromatic carbocycles. The molecule has 7 heteroatoms. The molecule has 2 amide bonds. The first-order chi connectivity index (χ1) is 13.5. The standard InChI is InChI=1S/C21H24N2O5/c1-16(21(26)22-13-12-17-8-4-2-5-9-17)28-20(25)14-23-19(24)15-27-18-10-6-3-7-11-18/h2-11,16H,12-15H2,1H3,(H,22,26)(H,23,24). The first-order valence-electron chi connectivity index (χ1n) is 9.00. The summed E-state index contributed by atoms with van der Waals surface area (Å²) in [5.74, 6) is -0.983. The van der Waals surface area contributed by atoms with Crippen molar-refractivity contribution in [2.45, 2.75) is 19.4 Å². The Morgan fingerprint density at radius 1 is 0.929 bits per heavy atom. The van der Waals surface area contributed by atoms with Crippen LogP contribution in [0, 0.1) is 0 Å². The number of hydrogen-bond acceptors (Lipinski definition) is 5. The van der Waals surface area contributed by atoms with Crippen molar-refractivity contribution in [3.05, 3.63) is 66.2 Å². The van der Waals surface area contributed by atoms with Gasteiger partial charge in [0.2, 0.25) is 0 Å². The van der Waals surface area contributed by atoms with Crippen LogP contribution in [-0.4, -0.2) is 43.6 Å². The van der Waals surface area contributed by atoms with Gasteiger partial charge in [0, 0.05) is 6.54 Å². The van der Waals surface area contributed by atoms with Crippen molar-refractivity contribution < 1.29 is 23.9 Å². The largest absolute Gasteiger partial charge is 0.484 e. The number of carbonyl (C=O) groups excluding carboxylic acids is 3. The second-order valence-corrected chi connectivity index (χ2v) is 6.04.